The van der Waals surface area contributed by atoms with Crippen LogP contribution in [0, 0.1) is 6.92 Å². The molecule has 1 aromatic heterocycles. The number of ether oxygens (including phenoxy) is 1. The molecule has 0 aromatic carbocycles. The molecular formula is C11H17N3O4S. The van der Waals surface area contributed by atoms with Gasteiger partial charge < -0.3 is 20.5 Å². The van der Waals surface area contributed by atoms with E-state index in [9.17, 15) is 9.59 Å². The van der Waals surface area contributed by atoms with Crippen LogP contribution in [0.1, 0.15) is 21.8 Å². The number of nitrogens with one attached hydrogen (secondary N) is 2. The predicted molar refractivity (Wildman–Crippen MR) is 71.8 cm³/mol. The molecule has 106 valence electrons. The highest BCUT2D eigenvalue weighted by Gasteiger charge is 2.13. The van der Waals surface area contributed by atoms with Gasteiger partial charge in [-0.3, -0.25) is 4.79 Å². The molecular weight excluding hydrogens is 270 g/mol. The average molecular weight is 287 g/mol. The lowest BCUT2D eigenvalue weighted by atomic mass is 10.4. The van der Waals surface area contributed by atoms with Crippen LogP contribution in [-0.2, 0) is 9.53 Å². The summed E-state index contributed by atoms with van der Waals surface area (Å²) < 4.78 is 4.81. The van der Waals surface area contributed by atoms with Crippen molar-refractivity contribution in [3.05, 3.63) is 10.6 Å². The molecule has 3 N–H and O–H groups in total. The number of carboxylic acids is 1. The van der Waals surface area contributed by atoms with Gasteiger partial charge in [-0.15, -0.1) is 0 Å². The molecule has 1 heterocycles. The van der Waals surface area contributed by atoms with Crippen molar-refractivity contribution in [1.82, 2.24) is 10.3 Å². The highest BCUT2D eigenvalue weighted by atomic mass is 32.1. The van der Waals surface area contributed by atoms with Gasteiger partial charge in [-0.1, -0.05) is 11.3 Å². The Bertz CT molecular complexity index is 447. The number of aryl methyl sites for hydroxylation is 1. The van der Waals surface area contributed by atoms with Gasteiger partial charge in [0, 0.05) is 26.6 Å². The van der Waals surface area contributed by atoms with Gasteiger partial charge in [-0.25, -0.2) is 9.78 Å². The van der Waals surface area contributed by atoms with Crippen molar-refractivity contribution >= 4 is 28.3 Å². The fourth-order valence-corrected chi connectivity index (χ4v) is 2.17. The molecule has 8 heteroatoms. The van der Waals surface area contributed by atoms with Gasteiger partial charge in [0.15, 0.2) is 5.13 Å². The zero-order valence-corrected chi connectivity index (χ0v) is 11.7. The van der Waals surface area contributed by atoms with Gasteiger partial charge in [0.05, 0.1) is 12.3 Å². The molecule has 1 rings (SSSR count). The Hall–Kier alpha value is -1.67. The zero-order valence-electron chi connectivity index (χ0n) is 10.9. The van der Waals surface area contributed by atoms with Crippen molar-refractivity contribution in [3.8, 4) is 0 Å². The van der Waals surface area contributed by atoms with Gasteiger partial charge in [-0.05, 0) is 6.92 Å². The quantitative estimate of drug-likeness (QED) is 0.609. The molecule has 1 aromatic rings. The first-order chi connectivity index (χ1) is 9.04. The minimum absolute atomic E-state index is 0.0868. The second-order valence-electron chi connectivity index (χ2n) is 3.76. The number of carbonyl (C=O) groups is 2. The van der Waals surface area contributed by atoms with E-state index in [2.05, 4.69) is 15.6 Å². The zero-order chi connectivity index (χ0) is 14.3. The summed E-state index contributed by atoms with van der Waals surface area (Å²) in [5, 5.41) is 15.0. The molecule has 0 spiro atoms. The van der Waals surface area contributed by atoms with Crippen LogP contribution in [0.2, 0.25) is 0 Å². The van der Waals surface area contributed by atoms with Crippen molar-refractivity contribution in [2.45, 2.75) is 13.3 Å². The number of rotatable bonds is 8. The second-order valence-corrected chi connectivity index (χ2v) is 4.76. The van der Waals surface area contributed by atoms with Crippen LogP contribution in [0.3, 0.4) is 0 Å². The first-order valence-electron chi connectivity index (χ1n) is 5.74. The fraction of sp³-hybridized carbons (Fsp3) is 0.545. The van der Waals surface area contributed by atoms with Crippen LogP contribution in [-0.4, -0.2) is 48.8 Å². The Labute approximate surface area is 115 Å². The summed E-state index contributed by atoms with van der Waals surface area (Å²) >= 11 is 1.07. The van der Waals surface area contributed by atoms with Crippen LogP contribution < -0.4 is 10.6 Å². The van der Waals surface area contributed by atoms with E-state index in [1.54, 1.807) is 14.0 Å². The number of methoxy groups -OCH3 is 1. The van der Waals surface area contributed by atoms with Gasteiger partial charge in [0.1, 0.15) is 4.88 Å². The fourth-order valence-electron chi connectivity index (χ4n) is 1.33. The van der Waals surface area contributed by atoms with E-state index >= 15 is 0 Å². The number of carboxylic acid groups (broad SMARTS) is 1. The summed E-state index contributed by atoms with van der Waals surface area (Å²) in [5.41, 5.74) is 0.476. The number of aromatic carboxylic acids is 1. The lowest BCUT2D eigenvalue weighted by Gasteiger charge is -2.04. The number of hydrogen-bond donors (Lipinski definition) is 3. The van der Waals surface area contributed by atoms with Crippen molar-refractivity contribution in [2.75, 3.05) is 32.1 Å². The minimum Gasteiger partial charge on any atom is -0.477 e. The number of thiazole rings is 1. The molecule has 0 saturated heterocycles. The largest absolute Gasteiger partial charge is 0.477 e. The highest BCUT2D eigenvalue weighted by Crippen LogP contribution is 2.22. The molecule has 7 nitrogen and oxygen atoms in total. The van der Waals surface area contributed by atoms with Crippen molar-refractivity contribution in [2.24, 2.45) is 0 Å². The normalized spacial score (nSPS) is 10.2. The first kappa shape index (κ1) is 15.4. The number of nitrogens with zero attached hydrogens (tertiary/aromatic N) is 1. The molecule has 0 bridgehead atoms. The number of aromatic nitrogens is 1. The molecule has 1 amide bonds. The summed E-state index contributed by atoms with van der Waals surface area (Å²) in [7, 11) is 1.57. The number of carbonyl (C=O) groups excluding carboxylic acids is 1. The van der Waals surface area contributed by atoms with Crippen LogP contribution >= 0.6 is 11.3 Å². The van der Waals surface area contributed by atoms with Crippen molar-refractivity contribution in [1.29, 1.82) is 0 Å². The molecule has 19 heavy (non-hydrogen) atoms. The van der Waals surface area contributed by atoms with Gasteiger partial charge >= 0.3 is 5.97 Å². The Balaban J connectivity index is 2.31. The van der Waals surface area contributed by atoms with E-state index < -0.39 is 5.97 Å². The predicted octanol–water partition coefficient (Wildman–Crippen LogP) is 0.714. The SMILES string of the molecule is COCCNC(=O)CCNc1nc(C)c(C(=O)O)s1. The molecule has 0 atom stereocenters. The van der Waals surface area contributed by atoms with E-state index in [-0.39, 0.29) is 10.8 Å². The van der Waals surface area contributed by atoms with Crippen LogP contribution in [0.5, 0.6) is 0 Å². The third-order valence-corrected chi connectivity index (χ3v) is 3.35. The van der Waals surface area contributed by atoms with Crippen molar-refractivity contribution < 1.29 is 19.4 Å². The smallest absolute Gasteiger partial charge is 0.347 e. The monoisotopic (exact) mass is 287 g/mol. The topological polar surface area (TPSA) is 101 Å². The summed E-state index contributed by atoms with van der Waals surface area (Å²) in [5.74, 6) is -1.07. The van der Waals surface area contributed by atoms with Crippen LogP contribution in [0.4, 0.5) is 5.13 Å². The van der Waals surface area contributed by atoms with E-state index in [1.165, 1.54) is 0 Å². The molecule has 0 aliphatic rings. The Morgan fingerprint density at radius 1 is 1.42 bits per heavy atom. The van der Waals surface area contributed by atoms with Crippen LogP contribution in [0.15, 0.2) is 0 Å². The number of amides is 1. The van der Waals surface area contributed by atoms with E-state index in [4.69, 9.17) is 9.84 Å². The number of hydrogen-bond acceptors (Lipinski definition) is 6. The maximum atomic E-state index is 11.4. The summed E-state index contributed by atoms with van der Waals surface area (Å²) in [4.78, 5) is 26.5. The Morgan fingerprint density at radius 2 is 2.16 bits per heavy atom. The molecule has 0 radical (unpaired) electrons. The maximum Gasteiger partial charge on any atom is 0.347 e. The summed E-state index contributed by atoms with van der Waals surface area (Å²) in [6, 6.07) is 0. The summed E-state index contributed by atoms with van der Waals surface area (Å²) in [6.07, 6.45) is 0.296. The molecule has 0 aliphatic carbocycles. The molecule has 0 aliphatic heterocycles. The Kier molecular flexibility index (Phi) is 6.23. The van der Waals surface area contributed by atoms with E-state index in [0.29, 0.717) is 36.9 Å². The lowest BCUT2D eigenvalue weighted by Crippen LogP contribution is -2.28. The molecule has 0 unspecified atom stereocenters. The second kappa shape index (κ2) is 7.70. The van der Waals surface area contributed by atoms with Gasteiger partial charge in [0.2, 0.25) is 5.91 Å². The van der Waals surface area contributed by atoms with Crippen molar-refractivity contribution in [3.63, 3.8) is 0 Å². The summed E-state index contributed by atoms with van der Waals surface area (Å²) in [6.45, 7) is 3.01. The van der Waals surface area contributed by atoms with E-state index in [1.807, 2.05) is 0 Å². The Morgan fingerprint density at radius 3 is 2.74 bits per heavy atom. The highest BCUT2D eigenvalue weighted by molar-refractivity contribution is 7.17. The minimum atomic E-state index is -0.986. The molecule has 0 saturated carbocycles. The van der Waals surface area contributed by atoms with E-state index in [0.717, 1.165) is 11.3 Å². The first-order valence-corrected chi connectivity index (χ1v) is 6.56. The third-order valence-electron chi connectivity index (χ3n) is 2.25. The standard InChI is InChI=1S/C11H17N3O4S/c1-7-9(10(16)17)19-11(14-7)13-4-3-8(15)12-5-6-18-2/h3-6H2,1-2H3,(H,12,15)(H,13,14)(H,16,17). The maximum absolute atomic E-state index is 11.4. The lowest BCUT2D eigenvalue weighted by molar-refractivity contribution is -0.121. The third kappa shape index (κ3) is 5.23. The molecule has 0 fully saturated rings. The number of anilines is 1. The van der Waals surface area contributed by atoms with Gasteiger partial charge in [0.25, 0.3) is 0 Å². The van der Waals surface area contributed by atoms with Crippen LogP contribution in [0.25, 0.3) is 0 Å². The van der Waals surface area contributed by atoms with Gasteiger partial charge in [-0.2, -0.15) is 0 Å². The average Bonchev–Trinajstić information content (AvgIpc) is 2.71.